The summed E-state index contributed by atoms with van der Waals surface area (Å²) in [5.74, 6) is 0.493. The molecular formula is C27H38N2O4S3. The van der Waals surface area contributed by atoms with Crippen LogP contribution in [0.5, 0.6) is 0 Å². The van der Waals surface area contributed by atoms with Gasteiger partial charge in [-0.3, -0.25) is 10.1 Å². The maximum atomic E-state index is 13.8. The molecule has 0 bridgehead atoms. The molecule has 2 aromatic carbocycles. The Hall–Kier alpha value is -1.68. The van der Waals surface area contributed by atoms with Gasteiger partial charge in [-0.25, -0.2) is 8.42 Å². The van der Waals surface area contributed by atoms with Crippen LogP contribution in [0.3, 0.4) is 0 Å². The first-order valence-corrected chi connectivity index (χ1v) is 16.2. The molecule has 2 N–H and O–H groups in total. The van der Waals surface area contributed by atoms with Gasteiger partial charge in [0, 0.05) is 10.6 Å². The standard InChI is InChI=1S/C27H38N2O4S3/c1-4-5-6-7-8-12-17-35-29-19-34-24-18-22(15-16-23(24)29)36(32,33)26(21-13-10-9-11-14-21)28-25(20(2)3)27(30)31/h9-11,13-16,18,20,25-26,28H,4-8,12,17,19H2,1-3H3,(H,30,31)/t25-,26?/m1/s1. The largest absolute Gasteiger partial charge is 0.480 e. The third-order valence-electron chi connectivity index (χ3n) is 6.29. The fourth-order valence-corrected chi connectivity index (χ4v) is 8.22. The number of hydrogen-bond acceptors (Lipinski definition) is 7. The molecule has 0 fully saturated rings. The molecule has 0 radical (unpaired) electrons. The molecule has 36 heavy (non-hydrogen) atoms. The number of anilines is 1. The van der Waals surface area contributed by atoms with Gasteiger partial charge in [-0.2, -0.15) is 0 Å². The van der Waals surface area contributed by atoms with Gasteiger partial charge in [0.15, 0.2) is 9.84 Å². The number of unbranched alkanes of at least 4 members (excludes halogenated alkanes) is 5. The van der Waals surface area contributed by atoms with E-state index in [-0.39, 0.29) is 10.8 Å². The van der Waals surface area contributed by atoms with Crippen molar-refractivity contribution in [2.75, 3.05) is 15.9 Å². The van der Waals surface area contributed by atoms with Gasteiger partial charge in [-0.1, -0.05) is 83.2 Å². The highest BCUT2D eigenvalue weighted by atomic mass is 32.2. The molecule has 198 valence electrons. The van der Waals surface area contributed by atoms with Crippen LogP contribution < -0.4 is 9.62 Å². The van der Waals surface area contributed by atoms with E-state index in [9.17, 15) is 18.3 Å². The summed E-state index contributed by atoms with van der Waals surface area (Å²) in [6.45, 7) is 5.76. The molecule has 0 aliphatic carbocycles. The van der Waals surface area contributed by atoms with Gasteiger partial charge < -0.3 is 9.41 Å². The lowest BCUT2D eigenvalue weighted by atomic mass is 10.0. The Bertz CT molecular complexity index is 1090. The lowest BCUT2D eigenvalue weighted by Gasteiger charge is -2.26. The van der Waals surface area contributed by atoms with Crippen molar-refractivity contribution in [2.24, 2.45) is 5.92 Å². The van der Waals surface area contributed by atoms with E-state index in [4.69, 9.17) is 0 Å². The van der Waals surface area contributed by atoms with Crippen molar-refractivity contribution < 1.29 is 18.3 Å². The van der Waals surface area contributed by atoms with Crippen LogP contribution in [0.15, 0.2) is 58.3 Å². The monoisotopic (exact) mass is 550 g/mol. The molecular weight excluding hydrogens is 513 g/mol. The minimum absolute atomic E-state index is 0.200. The zero-order valence-corrected chi connectivity index (χ0v) is 23.8. The summed E-state index contributed by atoms with van der Waals surface area (Å²) >= 11 is 3.45. The number of carboxylic acids is 1. The summed E-state index contributed by atoms with van der Waals surface area (Å²) in [4.78, 5) is 13.0. The number of rotatable bonds is 15. The van der Waals surface area contributed by atoms with E-state index in [1.807, 2.05) is 24.1 Å². The van der Waals surface area contributed by atoms with Crippen LogP contribution in [0.1, 0.15) is 70.2 Å². The van der Waals surface area contributed by atoms with Gasteiger partial charge in [0.05, 0.1) is 16.5 Å². The van der Waals surface area contributed by atoms with E-state index in [0.29, 0.717) is 5.56 Å². The third kappa shape index (κ3) is 7.43. The minimum Gasteiger partial charge on any atom is -0.480 e. The summed E-state index contributed by atoms with van der Waals surface area (Å²) in [7, 11) is -3.90. The molecule has 3 rings (SSSR count). The molecule has 1 heterocycles. The molecule has 0 spiro atoms. The third-order valence-corrected chi connectivity index (χ3v) is 10.5. The number of fused-ring (bicyclic) bond motifs is 1. The second-order valence-corrected chi connectivity index (χ2v) is 13.6. The number of nitrogens with one attached hydrogen (secondary N) is 1. The number of carbonyl (C=O) groups is 1. The normalized spacial score (nSPS) is 15.2. The summed E-state index contributed by atoms with van der Waals surface area (Å²) in [5, 5.41) is 11.5. The Kier molecular flexibility index (Phi) is 11.0. The first kappa shape index (κ1) is 28.9. The Morgan fingerprint density at radius 1 is 1.08 bits per heavy atom. The SMILES string of the molecule is CCCCCCCCSN1CSc2cc(S(=O)(=O)C(N[C@@H](C(=O)O)C(C)C)c3ccccc3)ccc21. The maximum absolute atomic E-state index is 13.8. The van der Waals surface area contributed by atoms with Crippen LogP contribution in [0.2, 0.25) is 0 Å². The molecule has 0 amide bonds. The van der Waals surface area contributed by atoms with Crippen molar-refractivity contribution in [3.05, 3.63) is 54.1 Å². The van der Waals surface area contributed by atoms with Crippen LogP contribution in [0.4, 0.5) is 5.69 Å². The fraction of sp³-hybridized carbons (Fsp3) is 0.519. The number of aliphatic carboxylic acids is 1. The van der Waals surface area contributed by atoms with Crippen LogP contribution in [0, 0.1) is 5.92 Å². The predicted octanol–water partition coefficient (Wildman–Crippen LogP) is 6.74. The Morgan fingerprint density at radius 2 is 1.78 bits per heavy atom. The van der Waals surface area contributed by atoms with Gasteiger partial charge in [-0.15, -0.1) is 11.8 Å². The van der Waals surface area contributed by atoms with E-state index >= 15 is 0 Å². The van der Waals surface area contributed by atoms with Gasteiger partial charge in [0.1, 0.15) is 11.4 Å². The van der Waals surface area contributed by atoms with Crippen LogP contribution in [-0.4, -0.2) is 37.2 Å². The maximum Gasteiger partial charge on any atom is 0.321 e. The Balaban J connectivity index is 1.76. The average molecular weight is 551 g/mol. The zero-order valence-electron chi connectivity index (χ0n) is 21.4. The van der Waals surface area contributed by atoms with E-state index < -0.39 is 27.2 Å². The molecule has 1 aliphatic rings. The minimum atomic E-state index is -3.90. The van der Waals surface area contributed by atoms with Crippen molar-refractivity contribution in [1.82, 2.24) is 5.32 Å². The molecule has 1 aliphatic heterocycles. The van der Waals surface area contributed by atoms with Crippen LogP contribution in [0.25, 0.3) is 0 Å². The molecule has 9 heteroatoms. The number of nitrogens with zero attached hydrogens (tertiary/aromatic N) is 1. The second kappa shape index (κ2) is 13.7. The van der Waals surface area contributed by atoms with Crippen molar-refractivity contribution in [2.45, 2.75) is 80.5 Å². The molecule has 6 nitrogen and oxygen atoms in total. The topological polar surface area (TPSA) is 86.7 Å². The first-order valence-electron chi connectivity index (χ1n) is 12.7. The smallest absolute Gasteiger partial charge is 0.321 e. The second-order valence-electron chi connectivity index (χ2n) is 9.44. The number of sulfone groups is 1. The highest BCUT2D eigenvalue weighted by Gasteiger charge is 2.35. The van der Waals surface area contributed by atoms with Gasteiger partial charge in [0.25, 0.3) is 0 Å². The number of benzene rings is 2. The van der Waals surface area contributed by atoms with E-state index in [0.717, 1.165) is 22.2 Å². The highest BCUT2D eigenvalue weighted by molar-refractivity contribution is 8.04. The average Bonchev–Trinajstić information content (AvgIpc) is 3.26. The molecule has 2 atom stereocenters. The summed E-state index contributed by atoms with van der Waals surface area (Å²) in [6, 6.07) is 13.1. The molecule has 1 unspecified atom stereocenters. The lowest BCUT2D eigenvalue weighted by Crippen LogP contribution is -2.45. The van der Waals surface area contributed by atoms with Crippen molar-refractivity contribution >= 4 is 45.2 Å². The van der Waals surface area contributed by atoms with Gasteiger partial charge in [-0.05, 0) is 48.0 Å². The van der Waals surface area contributed by atoms with Crippen LogP contribution >= 0.6 is 23.7 Å². The number of hydrogen-bond donors (Lipinski definition) is 2. The van der Waals surface area contributed by atoms with Crippen LogP contribution in [-0.2, 0) is 14.6 Å². The summed E-state index contributed by atoms with van der Waals surface area (Å²) < 4.78 is 29.9. The van der Waals surface area contributed by atoms with E-state index in [1.165, 1.54) is 38.5 Å². The van der Waals surface area contributed by atoms with Gasteiger partial charge >= 0.3 is 5.97 Å². The number of thioether (sulfide) groups is 1. The van der Waals surface area contributed by atoms with Crippen molar-refractivity contribution in [3.63, 3.8) is 0 Å². The Morgan fingerprint density at radius 3 is 2.44 bits per heavy atom. The van der Waals surface area contributed by atoms with E-state index in [1.54, 1.807) is 62.0 Å². The Labute approximate surface area is 224 Å². The van der Waals surface area contributed by atoms with E-state index in [2.05, 4.69) is 16.5 Å². The first-order chi connectivity index (χ1) is 17.3. The fourth-order valence-electron chi connectivity index (χ4n) is 4.20. The summed E-state index contributed by atoms with van der Waals surface area (Å²) in [5.41, 5.74) is 1.57. The van der Waals surface area contributed by atoms with Crippen molar-refractivity contribution in [3.8, 4) is 0 Å². The molecule has 0 aromatic heterocycles. The van der Waals surface area contributed by atoms with Crippen molar-refractivity contribution in [1.29, 1.82) is 0 Å². The molecule has 0 saturated heterocycles. The number of carboxylic acid groups (broad SMARTS) is 1. The highest BCUT2D eigenvalue weighted by Crippen LogP contribution is 2.44. The molecule has 0 saturated carbocycles. The zero-order chi connectivity index (χ0) is 26.1. The summed E-state index contributed by atoms with van der Waals surface area (Å²) in [6.07, 6.45) is 7.60. The lowest BCUT2D eigenvalue weighted by molar-refractivity contribution is -0.140. The quantitative estimate of drug-likeness (QED) is 0.186. The predicted molar refractivity (Wildman–Crippen MR) is 151 cm³/mol. The molecule has 2 aromatic rings. The van der Waals surface area contributed by atoms with Gasteiger partial charge in [0.2, 0.25) is 0 Å².